The van der Waals surface area contributed by atoms with Gasteiger partial charge in [0, 0.05) is 31.9 Å². The predicted octanol–water partition coefficient (Wildman–Crippen LogP) is 3.50. The largest absolute Gasteiger partial charge is 0.385 e. The molecule has 0 unspecified atom stereocenters. The standard InChI is InChI=1S/C15H25NO2/c1-5-17-15(18-6-2)9-10-16-14-11-12(3)7-8-13(14)4/h7-8,11,15-16H,5-6,9-10H2,1-4H3. The molecule has 0 saturated carbocycles. The Morgan fingerprint density at radius 2 is 1.78 bits per heavy atom. The van der Waals surface area contributed by atoms with E-state index in [4.69, 9.17) is 9.47 Å². The van der Waals surface area contributed by atoms with Crippen molar-refractivity contribution in [3.8, 4) is 0 Å². The lowest BCUT2D eigenvalue weighted by atomic mass is 10.1. The van der Waals surface area contributed by atoms with Crippen molar-refractivity contribution in [1.29, 1.82) is 0 Å². The molecule has 0 aromatic heterocycles. The third kappa shape index (κ3) is 5.07. The van der Waals surface area contributed by atoms with E-state index in [-0.39, 0.29) is 6.29 Å². The van der Waals surface area contributed by atoms with Gasteiger partial charge in [0.15, 0.2) is 6.29 Å². The van der Waals surface area contributed by atoms with Gasteiger partial charge in [0.05, 0.1) is 0 Å². The molecule has 0 aliphatic heterocycles. The first-order valence-corrected chi connectivity index (χ1v) is 6.71. The van der Waals surface area contributed by atoms with Gasteiger partial charge in [-0.25, -0.2) is 0 Å². The highest BCUT2D eigenvalue weighted by molar-refractivity contribution is 5.52. The van der Waals surface area contributed by atoms with Crippen molar-refractivity contribution in [2.75, 3.05) is 25.1 Å². The van der Waals surface area contributed by atoms with Crippen LogP contribution in [0.15, 0.2) is 18.2 Å². The smallest absolute Gasteiger partial charge is 0.159 e. The van der Waals surface area contributed by atoms with Gasteiger partial charge in [-0.15, -0.1) is 0 Å². The highest BCUT2D eigenvalue weighted by atomic mass is 16.7. The van der Waals surface area contributed by atoms with Crippen molar-refractivity contribution in [1.82, 2.24) is 0 Å². The normalized spacial score (nSPS) is 10.9. The van der Waals surface area contributed by atoms with Gasteiger partial charge in [-0.3, -0.25) is 0 Å². The van der Waals surface area contributed by atoms with E-state index in [2.05, 4.69) is 37.4 Å². The topological polar surface area (TPSA) is 30.5 Å². The first kappa shape index (κ1) is 15.0. The molecule has 1 aromatic carbocycles. The molecule has 1 N–H and O–H groups in total. The lowest BCUT2D eigenvalue weighted by molar-refractivity contribution is -0.137. The van der Waals surface area contributed by atoms with Gasteiger partial charge in [0.25, 0.3) is 0 Å². The number of aryl methyl sites for hydroxylation is 2. The minimum Gasteiger partial charge on any atom is -0.385 e. The molecular formula is C15H25NO2. The van der Waals surface area contributed by atoms with Crippen LogP contribution >= 0.6 is 0 Å². The summed E-state index contributed by atoms with van der Waals surface area (Å²) in [5, 5.41) is 3.44. The molecule has 0 aliphatic rings. The number of benzene rings is 1. The molecule has 18 heavy (non-hydrogen) atoms. The average Bonchev–Trinajstić information content (AvgIpc) is 2.34. The Balaban J connectivity index is 2.41. The van der Waals surface area contributed by atoms with E-state index in [9.17, 15) is 0 Å². The summed E-state index contributed by atoms with van der Waals surface area (Å²) < 4.78 is 11.0. The summed E-state index contributed by atoms with van der Waals surface area (Å²) in [6.45, 7) is 10.4. The number of ether oxygens (including phenoxy) is 2. The van der Waals surface area contributed by atoms with Gasteiger partial charge in [-0.05, 0) is 44.9 Å². The van der Waals surface area contributed by atoms with E-state index in [1.165, 1.54) is 16.8 Å². The van der Waals surface area contributed by atoms with Crippen molar-refractivity contribution in [3.63, 3.8) is 0 Å². The molecule has 0 amide bonds. The van der Waals surface area contributed by atoms with E-state index in [1.54, 1.807) is 0 Å². The Labute approximate surface area is 110 Å². The Morgan fingerprint density at radius 1 is 1.11 bits per heavy atom. The number of hydrogen-bond acceptors (Lipinski definition) is 3. The van der Waals surface area contributed by atoms with Crippen molar-refractivity contribution in [3.05, 3.63) is 29.3 Å². The van der Waals surface area contributed by atoms with Crippen LogP contribution in [-0.2, 0) is 9.47 Å². The molecule has 0 spiro atoms. The molecule has 0 atom stereocenters. The third-order valence-corrected chi connectivity index (χ3v) is 2.79. The van der Waals surface area contributed by atoms with E-state index >= 15 is 0 Å². The van der Waals surface area contributed by atoms with Crippen molar-refractivity contribution in [2.45, 2.75) is 40.4 Å². The molecule has 3 nitrogen and oxygen atoms in total. The highest BCUT2D eigenvalue weighted by Gasteiger charge is 2.07. The molecule has 0 fully saturated rings. The van der Waals surface area contributed by atoms with Gasteiger partial charge in [-0.1, -0.05) is 12.1 Å². The molecule has 102 valence electrons. The number of nitrogens with one attached hydrogen (secondary N) is 1. The van der Waals surface area contributed by atoms with E-state index in [0.29, 0.717) is 13.2 Å². The zero-order valence-electron chi connectivity index (χ0n) is 12.0. The van der Waals surface area contributed by atoms with Crippen LogP contribution < -0.4 is 5.32 Å². The molecule has 0 heterocycles. The molecule has 1 rings (SSSR count). The summed E-state index contributed by atoms with van der Waals surface area (Å²) >= 11 is 0. The highest BCUT2D eigenvalue weighted by Crippen LogP contribution is 2.16. The molecule has 0 aliphatic carbocycles. The summed E-state index contributed by atoms with van der Waals surface area (Å²) in [5.74, 6) is 0. The molecule has 0 bridgehead atoms. The molecule has 0 saturated heterocycles. The summed E-state index contributed by atoms with van der Waals surface area (Å²) in [4.78, 5) is 0. The van der Waals surface area contributed by atoms with Crippen LogP contribution in [0.5, 0.6) is 0 Å². The Bertz CT molecular complexity index is 346. The van der Waals surface area contributed by atoms with Gasteiger partial charge in [0.1, 0.15) is 0 Å². The van der Waals surface area contributed by atoms with Crippen molar-refractivity contribution >= 4 is 5.69 Å². The maximum atomic E-state index is 5.51. The second kappa shape index (κ2) is 8.11. The van der Waals surface area contributed by atoms with Crippen LogP contribution in [-0.4, -0.2) is 26.0 Å². The average molecular weight is 251 g/mol. The van der Waals surface area contributed by atoms with Crippen LogP contribution in [0.3, 0.4) is 0 Å². The third-order valence-electron chi connectivity index (χ3n) is 2.79. The second-order valence-electron chi connectivity index (χ2n) is 4.37. The van der Waals surface area contributed by atoms with Crippen LogP contribution in [0.1, 0.15) is 31.4 Å². The SMILES string of the molecule is CCOC(CCNc1cc(C)ccc1C)OCC. The quantitative estimate of drug-likeness (QED) is 0.717. The Kier molecular flexibility index (Phi) is 6.76. The van der Waals surface area contributed by atoms with E-state index < -0.39 is 0 Å². The summed E-state index contributed by atoms with van der Waals surface area (Å²) in [6.07, 6.45) is 0.757. The van der Waals surface area contributed by atoms with E-state index in [1.807, 2.05) is 13.8 Å². The molecular weight excluding hydrogens is 226 g/mol. The summed E-state index contributed by atoms with van der Waals surface area (Å²) in [7, 11) is 0. The van der Waals surface area contributed by atoms with Crippen molar-refractivity contribution in [2.24, 2.45) is 0 Å². The maximum Gasteiger partial charge on any atom is 0.159 e. The summed E-state index contributed by atoms with van der Waals surface area (Å²) in [5.41, 5.74) is 3.74. The van der Waals surface area contributed by atoms with Crippen molar-refractivity contribution < 1.29 is 9.47 Å². The van der Waals surface area contributed by atoms with Crippen LogP contribution in [0.25, 0.3) is 0 Å². The van der Waals surface area contributed by atoms with Crippen LogP contribution in [0.2, 0.25) is 0 Å². The minimum atomic E-state index is -0.0994. The van der Waals surface area contributed by atoms with Gasteiger partial charge in [-0.2, -0.15) is 0 Å². The lowest BCUT2D eigenvalue weighted by Gasteiger charge is -2.18. The first-order valence-electron chi connectivity index (χ1n) is 6.71. The number of hydrogen-bond donors (Lipinski definition) is 1. The fourth-order valence-corrected chi connectivity index (χ4v) is 1.84. The maximum absolute atomic E-state index is 5.51. The fraction of sp³-hybridized carbons (Fsp3) is 0.600. The monoisotopic (exact) mass is 251 g/mol. The zero-order chi connectivity index (χ0) is 13.4. The van der Waals surface area contributed by atoms with Crippen LogP contribution in [0.4, 0.5) is 5.69 Å². The lowest BCUT2D eigenvalue weighted by Crippen LogP contribution is -2.21. The number of anilines is 1. The van der Waals surface area contributed by atoms with Crippen LogP contribution in [0, 0.1) is 13.8 Å². The Hall–Kier alpha value is -1.06. The Morgan fingerprint density at radius 3 is 2.39 bits per heavy atom. The zero-order valence-corrected chi connectivity index (χ0v) is 12.0. The summed E-state index contributed by atoms with van der Waals surface area (Å²) in [6, 6.07) is 6.44. The first-order chi connectivity index (χ1) is 8.67. The van der Waals surface area contributed by atoms with Gasteiger partial charge >= 0.3 is 0 Å². The number of rotatable bonds is 8. The minimum absolute atomic E-state index is 0.0994. The predicted molar refractivity (Wildman–Crippen MR) is 76.1 cm³/mol. The van der Waals surface area contributed by atoms with Gasteiger partial charge < -0.3 is 14.8 Å². The fourth-order valence-electron chi connectivity index (χ4n) is 1.84. The molecule has 0 radical (unpaired) electrons. The molecule has 1 aromatic rings. The molecule has 3 heteroatoms. The van der Waals surface area contributed by atoms with Gasteiger partial charge in [0.2, 0.25) is 0 Å². The second-order valence-corrected chi connectivity index (χ2v) is 4.37. The van der Waals surface area contributed by atoms with E-state index in [0.717, 1.165) is 13.0 Å².